The Bertz CT molecular complexity index is 1070. The van der Waals surface area contributed by atoms with Crippen LogP contribution in [0.1, 0.15) is 30.1 Å². The van der Waals surface area contributed by atoms with Crippen LogP contribution in [-0.4, -0.2) is 52.1 Å². The zero-order valence-corrected chi connectivity index (χ0v) is 18.8. The molecule has 0 N–H and O–H groups in total. The Morgan fingerprint density at radius 1 is 1.12 bits per heavy atom. The lowest BCUT2D eigenvalue weighted by atomic mass is 10.1. The predicted octanol–water partition coefficient (Wildman–Crippen LogP) is 4.32. The van der Waals surface area contributed by atoms with Gasteiger partial charge in [0.1, 0.15) is 12.3 Å². The highest BCUT2D eigenvalue weighted by atomic mass is 32.2. The predicted molar refractivity (Wildman–Crippen MR) is 114 cm³/mol. The van der Waals surface area contributed by atoms with E-state index in [0.29, 0.717) is 11.4 Å². The number of methoxy groups -OCH3 is 1. The van der Waals surface area contributed by atoms with E-state index in [1.165, 1.54) is 38.4 Å². The van der Waals surface area contributed by atoms with Gasteiger partial charge in [0.15, 0.2) is 0 Å². The van der Waals surface area contributed by atoms with Gasteiger partial charge in [-0.2, -0.15) is 13.2 Å². The number of carbonyl (C=O) groups excluding carboxylic acids is 1. The molecule has 0 spiro atoms. The van der Waals surface area contributed by atoms with Gasteiger partial charge in [-0.15, -0.1) is 0 Å². The summed E-state index contributed by atoms with van der Waals surface area (Å²) in [6.45, 7) is 0.266. The molecule has 10 heteroatoms. The monoisotopic (exact) mass is 470 g/mol. The number of ether oxygens (including phenoxy) is 1. The average Bonchev–Trinajstić information content (AvgIpc) is 3.61. The van der Waals surface area contributed by atoms with Crippen molar-refractivity contribution in [1.29, 1.82) is 0 Å². The SMILES string of the molecule is COc1ccccc1N(C)S(=O)(=O)c1ccc(C(=O)N(CC(F)(F)F)C(C)C2CC2)cc1. The fourth-order valence-corrected chi connectivity index (χ4v) is 4.75. The number of hydrogen-bond donors (Lipinski definition) is 0. The summed E-state index contributed by atoms with van der Waals surface area (Å²) in [4.78, 5) is 13.6. The van der Waals surface area contributed by atoms with Crippen molar-refractivity contribution in [3.63, 3.8) is 0 Å². The first-order chi connectivity index (χ1) is 15.0. The minimum Gasteiger partial charge on any atom is -0.495 e. The van der Waals surface area contributed by atoms with Gasteiger partial charge in [-0.3, -0.25) is 9.10 Å². The van der Waals surface area contributed by atoms with Crippen LogP contribution in [0.5, 0.6) is 5.75 Å². The quantitative estimate of drug-likeness (QED) is 0.576. The average molecular weight is 471 g/mol. The molecule has 1 amide bonds. The van der Waals surface area contributed by atoms with Gasteiger partial charge in [-0.25, -0.2) is 8.42 Å². The lowest BCUT2D eigenvalue weighted by Crippen LogP contribution is -2.45. The number of hydrogen-bond acceptors (Lipinski definition) is 4. The molecule has 1 saturated carbocycles. The summed E-state index contributed by atoms with van der Waals surface area (Å²) in [7, 11) is -1.19. The first-order valence-electron chi connectivity index (χ1n) is 10.1. The van der Waals surface area contributed by atoms with Crippen molar-refractivity contribution in [2.24, 2.45) is 5.92 Å². The summed E-state index contributed by atoms with van der Waals surface area (Å²) >= 11 is 0. The Kier molecular flexibility index (Phi) is 6.73. The molecule has 1 aliphatic rings. The van der Waals surface area contributed by atoms with E-state index in [2.05, 4.69) is 0 Å². The van der Waals surface area contributed by atoms with Gasteiger partial charge in [-0.05, 0) is 62.1 Å². The summed E-state index contributed by atoms with van der Waals surface area (Å²) in [6.07, 6.45) is -2.95. The topological polar surface area (TPSA) is 66.9 Å². The zero-order chi connectivity index (χ0) is 23.7. The molecule has 0 heterocycles. The number of halogens is 3. The van der Waals surface area contributed by atoms with E-state index in [0.717, 1.165) is 22.0 Å². The van der Waals surface area contributed by atoms with E-state index >= 15 is 0 Å². The molecule has 0 radical (unpaired) electrons. The number of sulfonamides is 1. The Morgan fingerprint density at radius 2 is 1.72 bits per heavy atom. The third-order valence-electron chi connectivity index (χ3n) is 5.59. The van der Waals surface area contributed by atoms with Crippen LogP contribution in [0.25, 0.3) is 0 Å². The van der Waals surface area contributed by atoms with Crippen molar-refractivity contribution in [3.05, 3.63) is 54.1 Å². The Hall–Kier alpha value is -2.75. The molecule has 174 valence electrons. The molecule has 0 saturated heterocycles. The van der Waals surface area contributed by atoms with E-state index in [1.54, 1.807) is 31.2 Å². The molecule has 1 aliphatic carbocycles. The van der Waals surface area contributed by atoms with E-state index in [1.807, 2.05) is 0 Å². The largest absolute Gasteiger partial charge is 0.495 e. The molecule has 1 atom stereocenters. The number of anilines is 1. The number of benzene rings is 2. The first kappa shape index (κ1) is 23.9. The second-order valence-corrected chi connectivity index (χ2v) is 9.76. The van der Waals surface area contributed by atoms with Gasteiger partial charge < -0.3 is 9.64 Å². The number of alkyl halides is 3. The minimum atomic E-state index is -4.53. The lowest BCUT2D eigenvalue weighted by Gasteiger charge is -2.30. The van der Waals surface area contributed by atoms with Gasteiger partial charge in [-0.1, -0.05) is 12.1 Å². The van der Waals surface area contributed by atoms with Crippen molar-refractivity contribution >= 4 is 21.6 Å². The smallest absolute Gasteiger partial charge is 0.406 e. The Labute approximate surface area is 185 Å². The van der Waals surface area contributed by atoms with Crippen molar-refractivity contribution in [2.45, 2.75) is 36.9 Å². The van der Waals surface area contributed by atoms with Crippen LogP contribution in [0.2, 0.25) is 0 Å². The van der Waals surface area contributed by atoms with Gasteiger partial charge >= 0.3 is 6.18 Å². The Balaban J connectivity index is 1.86. The number of carbonyl (C=O) groups is 1. The van der Waals surface area contributed by atoms with Crippen LogP contribution in [0.3, 0.4) is 0 Å². The Morgan fingerprint density at radius 3 is 2.25 bits per heavy atom. The molecule has 1 unspecified atom stereocenters. The fourth-order valence-electron chi connectivity index (χ4n) is 3.54. The molecule has 6 nitrogen and oxygen atoms in total. The van der Waals surface area contributed by atoms with E-state index in [4.69, 9.17) is 4.74 Å². The van der Waals surface area contributed by atoms with E-state index < -0.39 is 34.7 Å². The summed E-state index contributed by atoms with van der Waals surface area (Å²) in [6, 6.07) is 11.0. The molecule has 32 heavy (non-hydrogen) atoms. The highest BCUT2D eigenvalue weighted by Gasteiger charge is 2.40. The molecular weight excluding hydrogens is 445 g/mol. The maximum Gasteiger partial charge on any atom is 0.406 e. The third kappa shape index (κ3) is 5.17. The first-order valence-corrected chi connectivity index (χ1v) is 11.5. The van der Waals surface area contributed by atoms with E-state index in [9.17, 15) is 26.4 Å². The second kappa shape index (κ2) is 9.01. The third-order valence-corrected chi connectivity index (χ3v) is 7.38. The molecule has 2 aromatic rings. The summed E-state index contributed by atoms with van der Waals surface area (Å²) in [5.41, 5.74) is 0.324. The fraction of sp³-hybridized carbons (Fsp3) is 0.409. The van der Waals surface area contributed by atoms with Crippen molar-refractivity contribution in [2.75, 3.05) is 25.0 Å². The molecule has 3 rings (SSSR count). The second-order valence-electron chi connectivity index (χ2n) is 7.80. The minimum absolute atomic E-state index is 0.000597. The summed E-state index contributed by atoms with van der Waals surface area (Å²) in [5, 5.41) is 0. The molecule has 0 aromatic heterocycles. The highest BCUT2D eigenvalue weighted by molar-refractivity contribution is 7.92. The van der Waals surface area contributed by atoms with Gasteiger partial charge in [0, 0.05) is 18.7 Å². The molecule has 0 aliphatic heterocycles. The molecule has 2 aromatic carbocycles. The highest BCUT2D eigenvalue weighted by Crippen LogP contribution is 2.37. The standard InChI is InChI=1S/C22H25F3N2O4S/c1-15(16-8-9-16)27(14-22(23,24)25)21(28)17-10-12-18(13-11-17)32(29,30)26(2)19-6-4-5-7-20(19)31-3/h4-7,10-13,15-16H,8-9,14H2,1-3H3. The maximum absolute atomic E-state index is 13.1. The van der Waals surface area contributed by atoms with E-state index in [-0.39, 0.29) is 16.4 Å². The lowest BCUT2D eigenvalue weighted by molar-refractivity contribution is -0.144. The van der Waals surface area contributed by atoms with Crippen molar-refractivity contribution in [3.8, 4) is 5.75 Å². The van der Waals surface area contributed by atoms with Crippen LogP contribution in [0.15, 0.2) is 53.4 Å². The normalized spacial score (nSPS) is 15.2. The van der Waals surface area contributed by atoms with Crippen LogP contribution in [0, 0.1) is 5.92 Å². The van der Waals surface area contributed by atoms with Crippen LogP contribution >= 0.6 is 0 Å². The molecule has 1 fully saturated rings. The van der Waals surface area contributed by atoms with Gasteiger partial charge in [0.2, 0.25) is 0 Å². The maximum atomic E-state index is 13.1. The van der Waals surface area contributed by atoms with Crippen LogP contribution in [0.4, 0.5) is 18.9 Å². The van der Waals surface area contributed by atoms with Crippen molar-refractivity contribution < 1.29 is 31.1 Å². The molecule has 0 bridgehead atoms. The number of nitrogens with zero attached hydrogens (tertiary/aromatic N) is 2. The van der Waals surface area contributed by atoms with Crippen LogP contribution in [-0.2, 0) is 10.0 Å². The number of amides is 1. The number of rotatable bonds is 8. The van der Waals surface area contributed by atoms with Gasteiger partial charge in [0.25, 0.3) is 15.9 Å². The summed E-state index contributed by atoms with van der Waals surface area (Å²) < 4.78 is 71.5. The van der Waals surface area contributed by atoms with Crippen molar-refractivity contribution in [1.82, 2.24) is 4.90 Å². The van der Waals surface area contributed by atoms with Crippen LogP contribution < -0.4 is 9.04 Å². The zero-order valence-electron chi connectivity index (χ0n) is 18.0. The summed E-state index contributed by atoms with van der Waals surface area (Å²) in [5.74, 6) is -0.360. The number of para-hydroxylation sites is 2. The molecular formula is C22H25F3N2O4S. The van der Waals surface area contributed by atoms with Gasteiger partial charge in [0.05, 0.1) is 17.7 Å².